The molecule has 0 heterocycles. The second-order valence-corrected chi connectivity index (χ2v) is 5.48. The van der Waals surface area contributed by atoms with Gasteiger partial charge in [0.25, 0.3) is 0 Å². The number of para-hydroxylation sites is 1. The van der Waals surface area contributed by atoms with Crippen molar-refractivity contribution in [2.45, 2.75) is 33.6 Å². The number of ether oxygens (including phenoxy) is 1. The van der Waals surface area contributed by atoms with Crippen molar-refractivity contribution in [1.29, 1.82) is 0 Å². The summed E-state index contributed by atoms with van der Waals surface area (Å²) < 4.78 is 5.72. The quantitative estimate of drug-likeness (QED) is 0.743. The Balaban J connectivity index is 2.79. The molecular formula is C14H19ClO2. The molecule has 0 radical (unpaired) electrons. The minimum absolute atomic E-state index is 0.291. The van der Waals surface area contributed by atoms with Gasteiger partial charge in [-0.1, -0.05) is 32.0 Å². The van der Waals surface area contributed by atoms with Crippen LogP contribution in [-0.4, -0.2) is 11.8 Å². The normalized spacial score (nSPS) is 11.6. The Bertz CT molecular complexity index is 397. The zero-order valence-electron chi connectivity index (χ0n) is 10.8. The standard InChI is InChI=1S/C14H19ClO2/c1-10(2)11-7-5-6-8-12(11)17-9-14(3,4)13(15)16/h5-8,10H,9H2,1-4H3. The highest BCUT2D eigenvalue weighted by Gasteiger charge is 2.27. The van der Waals surface area contributed by atoms with E-state index < -0.39 is 5.41 Å². The summed E-state index contributed by atoms with van der Waals surface area (Å²) in [5, 5.41) is -0.375. The van der Waals surface area contributed by atoms with Crippen molar-refractivity contribution in [3.05, 3.63) is 29.8 Å². The lowest BCUT2D eigenvalue weighted by Crippen LogP contribution is -2.27. The van der Waals surface area contributed by atoms with Crippen LogP contribution in [-0.2, 0) is 4.79 Å². The number of rotatable bonds is 5. The second-order valence-electron chi connectivity index (χ2n) is 5.14. The number of carbonyl (C=O) groups is 1. The van der Waals surface area contributed by atoms with E-state index >= 15 is 0 Å². The van der Waals surface area contributed by atoms with E-state index in [1.807, 2.05) is 24.3 Å². The van der Waals surface area contributed by atoms with Gasteiger partial charge < -0.3 is 4.74 Å². The van der Waals surface area contributed by atoms with E-state index in [2.05, 4.69) is 13.8 Å². The zero-order valence-corrected chi connectivity index (χ0v) is 11.5. The molecule has 1 rings (SSSR count). The van der Waals surface area contributed by atoms with E-state index in [1.54, 1.807) is 13.8 Å². The summed E-state index contributed by atoms with van der Waals surface area (Å²) >= 11 is 5.52. The van der Waals surface area contributed by atoms with E-state index in [0.29, 0.717) is 12.5 Å². The molecule has 1 aromatic carbocycles. The van der Waals surface area contributed by atoms with Crippen LogP contribution in [0.25, 0.3) is 0 Å². The summed E-state index contributed by atoms with van der Waals surface area (Å²) in [6, 6.07) is 7.87. The molecule has 0 aliphatic heterocycles. The Morgan fingerprint density at radius 2 is 1.94 bits per heavy atom. The molecule has 1 aromatic rings. The first-order chi connectivity index (χ1) is 7.84. The molecule has 0 aliphatic carbocycles. The lowest BCUT2D eigenvalue weighted by Gasteiger charge is -2.22. The Labute approximate surface area is 108 Å². The van der Waals surface area contributed by atoms with Gasteiger partial charge in [0.1, 0.15) is 12.4 Å². The first-order valence-corrected chi connectivity index (χ1v) is 6.14. The van der Waals surface area contributed by atoms with Crippen LogP contribution >= 0.6 is 11.6 Å². The third kappa shape index (κ3) is 3.74. The third-order valence-electron chi connectivity index (χ3n) is 2.66. The van der Waals surface area contributed by atoms with Gasteiger partial charge in [0.05, 0.1) is 5.41 Å². The lowest BCUT2D eigenvalue weighted by atomic mass is 9.97. The lowest BCUT2D eigenvalue weighted by molar-refractivity contribution is -0.120. The molecule has 0 aliphatic rings. The molecule has 0 atom stereocenters. The van der Waals surface area contributed by atoms with Crippen LogP contribution < -0.4 is 4.74 Å². The third-order valence-corrected chi connectivity index (χ3v) is 3.17. The second kappa shape index (κ2) is 5.54. The fraction of sp³-hybridized carbons (Fsp3) is 0.500. The number of hydrogen-bond acceptors (Lipinski definition) is 2. The molecule has 0 saturated carbocycles. The fourth-order valence-electron chi connectivity index (χ4n) is 1.40. The monoisotopic (exact) mass is 254 g/mol. The van der Waals surface area contributed by atoms with Gasteiger partial charge in [-0.25, -0.2) is 0 Å². The predicted molar refractivity (Wildman–Crippen MR) is 70.7 cm³/mol. The van der Waals surface area contributed by atoms with Gasteiger partial charge in [-0.2, -0.15) is 0 Å². The van der Waals surface area contributed by atoms with E-state index in [4.69, 9.17) is 16.3 Å². The summed E-state index contributed by atoms with van der Waals surface area (Å²) in [6.07, 6.45) is 0. The van der Waals surface area contributed by atoms with E-state index in [-0.39, 0.29) is 5.24 Å². The highest BCUT2D eigenvalue weighted by molar-refractivity contribution is 6.64. The van der Waals surface area contributed by atoms with E-state index in [9.17, 15) is 4.79 Å². The van der Waals surface area contributed by atoms with Crippen molar-refractivity contribution in [2.24, 2.45) is 5.41 Å². The molecule has 2 nitrogen and oxygen atoms in total. The number of carbonyl (C=O) groups excluding carboxylic acids is 1. The molecule has 0 spiro atoms. The van der Waals surface area contributed by atoms with E-state index in [1.165, 1.54) is 0 Å². The van der Waals surface area contributed by atoms with Gasteiger partial charge in [-0.3, -0.25) is 4.79 Å². The average molecular weight is 255 g/mol. The molecule has 0 aromatic heterocycles. The molecule has 0 N–H and O–H groups in total. The van der Waals surface area contributed by atoms with Crippen molar-refractivity contribution in [3.8, 4) is 5.75 Å². The van der Waals surface area contributed by atoms with Crippen LogP contribution in [0.3, 0.4) is 0 Å². The first-order valence-electron chi connectivity index (χ1n) is 5.76. The Kier molecular flexibility index (Phi) is 4.58. The maximum atomic E-state index is 11.2. The average Bonchev–Trinajstić information content (AvgIpc) is 2.26. The Hall–Kier alpha value is -1.02. The minimum atomic E-state index is -0.661. The smallest absolute Gasteiger partial charge is 0.230 e. The van der Waals surface area contributed by atoms with Gasteiger partial charge >= 0.3 is 0 Å². The number of hydrogen-bond donors (Lipinski definition) is 0. The summed E-state index contributed by atoms with van der Waals surface area (Å²) in [5.41, 5.74) is 0.483. The molecule has 94 valence electrons. The van der Waals surface area contributed by atoms with Crippen LogP contribution in [0.1, 0.15) is 39.2 Å². The zero-order chi connectivity index (χ0) is 13.1. The van der Waals surface area contributed by atoms with Crippen LogP contribution in [0.4, 0.5) is 0 Å². The molecule has 17 heavy (non-hydrogen) atoms. The number of halogens is 1. The van der Waals surface area contributed by atoms with Crippen molar-refractivity contribution in [2.75, 3.05) is 6.61 Å². The van der Waals surface area contributed by atoms with Gasteiger partial charge in [0.15, 0.2) is 0 Å². The first kappa shape index (κ1) is 14.0. The van der Waals surface area contributed by atoms with Crippen LogP contribution in [0.2, 0.25) is 0 Å². The largest absolute Gasteiger partial charge is 0.492 e. The topological polar surface area (TPSA) is 26.3 Å². The molecule has 0 amide bonds. The van der Waals surface area contributed by atoms with Gasteiger partial charge in [-0.15, -0.1) is 0 Å². The molecular weight excluding hydrogens is 236 g/mol. The summed E-state index contributed by atoms with van der Waals surface area (Å²) in [4.78, 5) is 11.2. The molecule has 3 heteroatoms. The highest BCUT2D eigenvalue weighted by Crippen LogP contribution is 2.28. The van der Waals surface area contributed by atoms with Crippen molar-refractivity contribution in [3.63, 3.8) is 0 Å². The highest BCUT2D eigenvalue weighted by atomic mass is 35.5. The van der Waals surface area contributed by atoms with Gasteiger partial charge in [0, 0.05) is 0 Å². The molecule has 0 unspecified atom stereocenters. The van der Waals surface area contributed by atoms with Crippen LogP contribution in [0.5, 0.6) is 5.75 Å². The molecule has 0 bridgehead atoms. The predicted octanol–water partition coefficient (Wildman–Crippen LogP) is 3.98. The summed E-state index contributed by atoms with van der Waals surface area (Å²) in [6.45, 7) is 8.07. The van der Waals surface area contributed by atoms with Crippen molar-refractivity contribution >= 4 is 16.8 Å². The van der Waals surface area contributed by atoms with E-state index in [0.717, 1.165) is 11.3 Å². The van der Waals surface area contributed by atoms with Crippen LogP contribution in [0.15, 0.2) is 24.3 Å². The summed E-state index contributed by atoms with van der Waals surface area (Å²) in [7, 11) is 0. The summed E-state index contributed by atoms with van der Waals surface area (Å²) in [5.74, 6) is 1.22. The van der Waals surface area contributed by atoms with Crippen LogP contribution in [0, 0.1) is 5.41 Å². The fourth-order valence-corrected chi connectivity index (χ4v) is 1.46. The van der Waals surface area contributed by atoms with Gasteiger partial charge in [0.2, 0.25) is 5.24 Å². The minimum Gasteiger partial charge on any atom is -0.492 e. The van der Waals surface area contributed by atoms with Crippen molar-refractivity contribution in [1.82, 2.24) is 0 Å². The molecule has 0 saturated heterocycles. The maximum absolute atomic E-state index is 11.2. The SMILES string of the molecule is CC(C)c1ccccc1OCC(C)(C)C(=O)Cl. The Morgan fingerprint density at radius 1 is 1.35 bits per heavy atom. The van der Waals surface area contributed by atoms with Gasteiger partial charge in [-0.05, 0) is 43.0 Å². The maximum Gasteiger partial charge on any atom is 0.230 e. The molecule has 0 fully saturated rings. The Morgan fingerprint density at radius 3 is 2.47 bits per heavy atom. The van der Waals surface area contributed by atoms with Crippen molar-refractivity contribution < 1.29 is 9.53 Å². The number of benzene rings is 1.